The van der Waals surface area contributed by atoms with Crippen molar-refractivity contribution in [2.75, 3.05) is 13.6 Å². The molecule has 0 aliphatic carbocycles. The lowest BCUT2D eigenvalue weighted by atomic mass is 10.2. The lowest BCUT2D eigenvalue weighted by Gasteiger charge is -2.12. The highest BCUT2D eigenvalue weighted by Crippen LogP contribution is 2.29. The molecule has 0 bridgehead atoms. The van der Waals surface area contributed by atoms with E-state index in [2.05, 4.69) is 30.6 Å². The molecule has 10 nitrogen and oxygen atoms in total. The molecule has 0 aliphatic heterocycles. The van der Waals surface area contributed by atoms with E-state index in [1.165, 1.54) is 29.8 Å². The average molecular weight is 471 g/mol. The molecule has 13 heteroatoms. The molecule has 3 N–H and O–H groups in total. The first-order valence-electron chi connectivity index (χ1n) is 9.67. The number of carbonyl (C=O) groups is 1. The summed E-state index contributed by atoms with van der Waals surface area (Å²) in [6.45, 7) is 2.05. The van der Waals surface area contributed by atoms with E-state index in [0.29, 0.717) is 21.9 Å². The molecular weight excluding hydrogens is 452 g/mol. The number of carbonyl (C=O) groups excluding carboxylic acids is 1. The summed E-state index contributed by atoms with van der Waals surface area (Å²) >= 11 is 1.45. The number of pyridine rings is 1. The molecule has 0 unspecified atom stereocenters. The minimum absolute atomic E-state index is 0.133. The zero-order valence-electron chi connectivity index (χ0n) is 17.6. The van der Waals surface area contributed by atoms with Crippen LogP contribution in [0.5, 0.6) is 0 Å². The van der Waals surface area contributed by atoms with Crippen LogP contribution in [-0.4, -0.2) is 55.1 Å². The van der Waals surface area contributed by atoms with Gasteiger partial charge in [0.05, 0.1) is 18.0 Å². The standard InChI is InChI=1S/C20H19F2N9OS/c1-11-5-27-20(33-11)16-8-25-18-14(31-15(17(21)22)9-28-29-31)3-13(10-30(16)18)19(32)26-7-12(4-23)6-24-2/h3-6,8-10,17H,7,23H2,1-2H3,(H,26,32)/b12-4+,24-6?. The van der Waals surface area contributed by atoms with Crippen molar-refractivity contribution in [2.24, 2.45) is 10.7 Å². The van der Waals surface area contributed by atoms with E-state index >= 15 is 0 Å². The zero-order chi connectivity index (χ0) is 23.5. The number of nitrogens with zero attached hydrogens (tertiary/aromatic N) is 7. The first kappa shape index (κ1) is 22.2. The maximum Gasteiger partial charge on any atom is 0.282 e. The Bertz CT molecular complexity index is 1370. The van der Waals surface area contributed by atoms with Crippen LogP contribution >= 0.6 is 11.3 Å². The number of aliphatic imine (C=N–C) groups is 1. The minimum atomic E-state index is -2.82. The molecule has 0 aromatic carbocycles. The van der Waals surface area contributed by atoms with Crippen LogP contribution < -0.4 is 11.1 Å². The summed E-state index contributed by atoms with van der Waals surface area (Å²) < 4.78 is 29.7. The van der Waals surface area contributed by atoms with Crippen LogP contribution in [0.2, 0.25) is 0 Å². The fraction of sp³-hybridized carbons (Fsp3) is 0.200. The Hall–Kier alpha value is -4.00. The van der Waals surface area contributed by atoms with E-state index < -0.39 is 18.0 Å². The number of thiazole rings is 1. The zero-order valence-corrected chi connectivity index (χ0v) is 18.4. The van der Waals surface area contributed by atoms with Crippen LogP contribution in [0.3, 0.4) is 0 Å². The van der Waals surface area contributed by atoms with Crippen molar-refractivity contribution in [1.29, 1.82) is 0 Å². The number of nitrogens with two attached hydrogens (primary N) is 1. The smallest absolute Gasteiger partial charge is 0.282 e. The van der Waals surface area contributed by atoms with Crippen molar-refractivity contribution in [2.45, 2.75) is 13.3 Å². The van der Waals surface area contributed by atoms with Gasteiger partial charge in [-0.2, -0.15) is 0 Å². The molecule has 4 heterocycles. The van der Waals surface area contributed by atoms with Crippen LogP contribution in [0.1, 0.15) is 27.4 Å². The monoisotopic (exact) mass is 471 g/mol. The number of amides is 1. The predicted molar refractivity (Wildman–Crippen MR) is 120 cm³/mol. The van der Waals surface area contributed by atoms with E-state index in [0.717, 1.165) is 15.8 Å². The Balaban J connectivity index is 1.85. The summed E-state index contributed by atoms with van der Waals surface area (Å²) in [6.07, 6.45) is 5.89. The maximum absolute atomic E-state index is 13.6. The first-order valence-corrected chi connectivity index (χ1v) is 10.5. The van der Waals surface area contributed by atoms with E-state index in [4.69, 9.17) is 5.73 Å². The summed E-state index contributed by atoms with van der Waals surface area (Å²) in [5.41, 5.74) is 7.04. The molecule has 170 valence electrons. The Morgan fingerprint density at radius 1 is 1.33 bits per heavy atom. The molecule has 0 fully saturated rings. The number of hydrogen-bond acceptors (Lipinski definition) is 8. The molecule has 4 aromatic rings. The number of halogens is 2. The van der Waals surface area contributed by atoms with E-state index in [-0.39, 0.29) is 17.8 Å². The van der Waals surface area contributed by atoms with Crippen LogP contribution in [-0.2, 0) is 0 Å². The predicted octanol–water partition coefficient (Wildman–Crippen LogP) is 2.56. The first-order chi connectivity index (χ1) is 15.9. The van der Waals surface area contributed by atoms with Gasteiger partial charge in [0, 0.05) is 48.9 Å². The highest BCUT2D eigenvalue weighted by molar-refractivity contribution is 7.14. The van der Waals surface area contributed by atoms with E-state index in [9.17, 15) is 13.6 Å². The number of aryl methyl sites for hydroxylation is 1. The minimum Gasteiger partial charge on any atom is -0.404 e. The highest BCUT2D eigenvalue weighted by atomic mass is 32.1. The summed E-state index contributed by atoms with van der Waals surface area (Å²) in [6, 6.07) is 1.44. The number of alkyl halides is 2. The van der Waals surface area contributed by atoms with Gasteiger partial charge in [-0.25, -0.2) is 23.4 Å². The Kier molecular flexibility index (Phi) is 6.22. The van der Waals surface area contributed by atoms with Crippen LogP contribution in [0, 0.1) is 6.92 Å². The molecule has 1 amide bonds. The van der Waals surface area contributed by atoms with Crippen molar-refractivity contribution in [1.82, 2.24) is 34.7 Å². The largest absolute Gasteiger partial charge is 0.404 e. The molecule has 0 radical (unpaired) electrons. The van der Waals surface area contributed by atoms with Gasteiger partial charge in [0.1, 0.15) is 22.1 Å². The van der Waals surface area contributed by atoms with Gasteiger partial charge >= 0.3 is 0 Å². The van der Waals surface area contributed by atoms with Gasteiger partial charge in [-0.15, -0.1) is 16.4 Å². The Morgan fingerprint density at radius 2 is 2.15 bits per heavy atom. The number of fused-ring (bicyclic) bond motifs is 1. The van der Waals surface area contributed by atoms with Crippen molar-refractivity contribution < 1.29 is 13.6 Å². The Labute approximate surface area is 190 Å². The number of aromatic nitrogens is 6. The van der Waals surface area contributed by atoms with Gasteiger partial charge in [0.15, 0.2) is 5.65 Å². The van der Waals surface area contributed by atoms with Crippen molar-refractivity contribution in [3.05, 3.63) is 58.8 Å². The van der Waals surface area contributed by atoms with E-state index in [1.807, 2.05) is 6.92 Å². The second-order valence-electron chi connectivity index (χ2n) is 6.91. The second-order valence-corrected chi connectivity index (χ2v) is 8.14. The maximum atomic E-state index is 13.6. The molecule has 0 atom stereocenters. The summed E-state index contributed by atoms with van der Waals surface area (Å²) in [4.78, 5) is 26.6. The SMILES string of the molecule is CN=C/C(=C\N)CNC(=O)c1cc(-n2nncc2C(F)F)c2ncc(-c3ncc(C)s3)n2c1. The van der Waals surface area contributed by atoms with Gasteiger partial charge in [0.25, 0.3) is 12.3 Å². The van der Waals surface area contributed by atoms with Gasteiger partial charge < -0.3 is 11.1 Å². The molecule has 0 saturated carbocycles. The highest BCUT2D eigenvalue weighted by Gasteiger charge is 2.22. The molecular formula is C20H19F2N9OS. The van der Waals surface area contributed by atoms with Gasteiger partial charge in [-0.05, 0) is 13.0 Å². The lowest BCUT2D eigenvalue weighted by Crippen LogP contribution is -2.27. The molecule has 0 spiro atoms. The normalized spacial score (nSPS) is 12.3. The quantitative estimate of drug-likeness (QED) is 0.399. The Morgan fingerprint density at radius 3 is 2.82 bits per heavy atom. The molecule has 33 heavy (non-hydrogen) atoms. The van der Waals surface area contributed by atoms with Crippen LogP contribution in [0.25, 0.3) is 22.0 Å². The lowest BCUT2D eigenvalue weighted by molar-refractivity contribution is 0.0957. The van der Waals surface area contributed by atoms with Crippen molar-refractivity contribution in [3.63, 3.8) is 0 Å². The third-order valence-corrected chi connectivity index (χ3v) is 5.61. The van der Waals surface area contributed by atoms with Crippen LogP contribution in [0.15, 0.2) is 47.6 Å². The third kappa shape index (κ3) is 4.35. The van der Waals surface area contributed by atoms with Crippen molar-refractivity contribution in [3.8, 4) is 16.4 Å². The number of nitrogens with one attached hydrogen (secondary N) is 1. The number of hydrogen-bond donors (Lipinski definition) is 2. The molecule has 4 rings (SSSR count). The summed E-state index contributed by atoms with van der Waals surface area (Å²) in [7, 11) is 1.59. The topological polar surface area (TPSA) is 128 Å². The van der Waals surface area contributed by atoms with E-state index in [1.54, 1.807) is 30.0 Å². The second kappa shape index (κ2) is 9.24. The van der Waals surface area contributed by atoms with Crippen LogP contribution in [0.4, 0.5) is 8.78 Å². The fourth-order valence-corrected chi connectivity index (χ4v) is 3.93. The molecule has 4 aromatic heterocycles. The average Bonchev–Trinajstić information content (AvgIpc) is 3.54. The summed E-state index contributed by atoms with van der Waals surface area (Å²) in [5.74, 6) is -0.448. The summed E-state index contributed by atoms with van der Waals surface area (Å²) in [5, 5.41) is 10.8. The number of rotatable bonds is 7. The number of imidazole rings is 1. The fourth-order valence-electron chi connectivity index (χ4n) is 3.16. The third-order valence-electron chi connectivity index (χ3n) is 4.68. The van der Waals surface area contributed by atoms with Gasteiger partial charge in [0.2, 0.25) is 0 Å². The van der Waals surface area contributed by atoms with Gasteiger partial charge in [-0.1, -0.05) is 5.21 Å². The van der Waals surface area contributed by atoms with Gasteiger partial charge in [-0.3, -0.25) is 14.2 Å². The molecule has 0 aliphatic rings. The molecule has 0 saturated heterocycles. The van der Waals surface area contributed by atoms with Crippen molar-refractivity contribution >= 4 is 29.1 Å².